The molecule has 13 heavy (non-hydrogen) atoms. The molecule has 2 rings (SSSR count). The Labute approximate surface area is 78.4 Å². The fourth-order valence-corrected chi connectivity index (χ4v) is 1.39. The summed E-state index contributed by atoms with van der Waals surface area (Å²) >= 11 is 4.82. The van der Waals surface area contributed by atoms with Crippen molar-refractivity contribution in [2.75, 3.05) is 5.73 Å². The van der Waals surface area contributed by atoms with Crippen molar-refractivity contribution in [3.05, 3.63) is 33.3 Å². The molecule has 66 valence electrons. The van der Waals surface area contributed by atoms with Gasteiger partial charge in [0.25, 0.3) is 5.56 Å². The van der Waals surface area contributed by atoms with Crippen LogP contribution in [0, 0.1) is 4.77 Å². The summed E-state index contributed by atoms with van der Waals surface area (Å²) in [5.41, 5.74) is 6.62. The Hall–Kier alpha value is -1.62. The SMILES string of the molecule is Nc1ccc2c(=O)[nH]c(=S)[nH]c2c1. The standard InChI is InChI=1S/C8H7N3OS/c9-4-1-2-5-6(3-4)10-8(13)11-7(5)12/h1-3H,9H2,(H2,10,11,12,13). The molecule has 1 aromatic heterocycles. The Kier molecular flexibility index (Phi) is 1.66. The molecule has 0 aliphatic carbocycles. The van der Waals surface area contributed by atoms with Crippen LogP contribution in [-0.4, -0.2) is 9.97 Å². The van der Waals surface area contributed by atoms with E-state index in [0.29, 0.717) is 21.4 Å². The average Bonchev–Trinajstić information content (AvgIpc) is 2.02. The molecule has 2 aromatic rings. The van der Waals surface area contributed by atoms with Gasteiger partial charge in [0, 0.05) is 5.69 Å². The lowest BCUT2D eigenvalue weighted by atomic mass is 10.2. The molecule has 0 unspecified atom stereocenters. The second-order valence-corrected chi connectivity index (χ2v) is 3.12. The van der Waals surface area contributed by atoms with Crippen LogP contribution in [0.15, 0.2) is 23.0 Å². The zero-order valence-corrected chi connectivity index (χ0v) is 7.44. The first-order chi connectivity index (χ1) is 6.16. The molecule has 1 heterocycles. The van der Waals surface area contributed by atoms with Gasteiger partial charge >= 0.3 is 0 Å². The van der Waals surface area contributed by atoms with Gasteiger partial charge in [-0.25, -0.2) is 0 Å². The number of nitrogens with two attached hydrogens (primary N) is 1. The summed E-state index contributed by atoms with van der Waals surface area (Å²) in [7, 11) is 0. The Bertz CT molecular complexity index is 569. The number of aromatic nitrogens is 2. The van der Waals surface area contributed by atoms with E-state index in [2.05, 4.69) is 9.97 Å². The highest BCUT2D eigenvalue weighted by atomic mass is 32.1. The van der Waals surface area contributed by atoms with E-state index in [0.717, 1.165) is 0 Å². The number of hydrogen-bond donors (Lipinski definition) is 3. The van der Waals surface area contributed by atoms with E-state index < -0.39 is 0 Å². The van der Waals surface area contributed by atoms with Gasteiger partial charge in [0.2, 0.25) is 0 Å². The molecule has 0 fully saturated rings. The summed E-state index contributed by atoms with van der Waals surface area (Å²) < 4.78 is 0.308. The summed E-state index contributed by atoms with van der Waals surface area (Å²) in [5.74, 6) is 0. The van der Waals surface area contributed by atoms with Crippen LogP contribution >= 0.6 is 12.2 Å². The third-order valence-corrected chi connectivity index (χ3v) is 1.97. The monoisotopic (exact) mass is 193 g/mol. The van der Waals surface area contributed by atoms with E-state index in [1.165, 1.54) is 0 Å². The van der Waals surface area contributed by atoms with Crippen LogP contribution in [0.2, 0.25) is 0 Å². The van der Waals surface area contributed by atoms with Gasteiger partial charge in [-0.3, -0.25) is 9.78 Å². The van der Waals surface area contributed by atoms with Crippen molar-refractivity contribution in [2.45, 2.75) is 0 Å². The number of H-pyrrole nitrogens is 2. The smallest absolute Gasteiger partial charge is 0.259 e. The fourth-order valence-electron chi connectivity index (χ4n) is 1.19. The first-order valence-electron chi connectivity index (χ1n) is 3.68. The fraction of sp³-hybridized carbons (Fsp3) is 0. The molecule has 0 saturated heterocycles. The summed E-state index contributed by atoms with van der Waals surface area (Å²) in [6.07, 6.45) is 0. The van der Waals surface area contributed by atoms with Crippen molar-refractivity contribution in [2.24, 2.45) is 0 Å². The van der Waals surface area contributed by atoms with Crippen LogP contribution < -0.4 is 11.3 Å². The van der Waals surface area contributed by atoms with Gasteiger partial charge in [-0.1, -0.05) is 0 Å². The number of benzene rings is 1. The highest BCUT2D eigenvalue weighted by Crippen LogP contribution is 2.10. The summed E-state index contributed by atoms with van der Waals surface area (Å²) in [6.45, 7) is 0. The molecule has 0 bridgehead atoms. The Morgan fingerprint density at radius 2 is 2.08 bits per heavy atom. The van der Waals surface area contributed by atoms with Crippen molar-refractivity contribution >= 4 is 28.8 Å². The topological polar surface area (TPSA) is 74.7 Å². The summed E-state index contributed by atoms with van der Waals surface area (Å²) in [6, 6.07) is 5.02. The lowest BCUT2D eigenvalue weighted by molar-refractivity contribution is 1.14. The first-order valence-corrected chi connectivity index (χ1v) is 4.09. The normalized spacial score (nSPS) is 10.5. The maximum Gasteiger partial charge on any atom is 0.259 e. The highest BCUT2D eigenvalue weighted by molar-refractivity contribution is 7.71. The minimum atomic E-state index is -0.196. The molecule has 0 aliphatic rings. The van der Waals surface area contributed by atoms with Crippen LogP contribution in [0.1, 0.15) is 0 Å². The Morgan fingerprint density at radius 3 is 2.85 bits per heavy atom. The molecule has 4 N–H and O–H groups in total. The number of nitrogens with one attached hydrogen (secondary N) is 2. The number of anilines is 1. The molecule has 1 aromatic carbocycles. The summed E-state index contributed by atoms with van der Waals surface area (Å²) in [4.78, 5) is 16.7. The van der Waals surface area contributed by atoms with E-state index in [-0.39, 0.29) is 5.56 Å². The van der Waals surface area contributed by atoms with Crippen molar-refractivity contribution < 1.29 is 0 Å². The molecular weight excluding hydrogens is 186 g/mol. The van der Waals surface area contributed by atoms with Crippen molar-refractivity contribution in [3.8, 4) is 0 Å². The lowest BCUT2D eigenvalue weighted by Gasteiger charge is -1.97. The molecular formula is C8H7N3OS. The predicted octanol–water partition coefficient (Wildman–Crippen LogP) is 1.17. The van der Waals surface area contributed by atoms with Gasteiger partial charge in [-0.2, -0.15) is 0 Å². The van der Waals surface area contributed by atoms with Gasteiger partial charge in [0.1, 0.15) is 0 Å². The average molecular weight is 193 g/mol. The molecule has 0 atom stereocenters. The quantitative estimate of drug-likeness (QED) is 0.434. The van der Waals surface area contributed by atoms with Crippen molar-refractivity contribution in [1.29, 1.82) is 0 Å². The maximum atomic E-state index is 11.3. The lowest BCUT2D eigenvalue weighted by Crippen LogP contribution is -2.07. The van der Waals surface area contributed by atoms with Gasteiger partial charge in [-0.15, -0.1) is 0 Å². The highest BCUT2D eigenvalue weighted by Gasteiger charge is 1.98. The van der Waals surface area contributed by atoms with Gasteiger partial charge in [0.05, 0.1) is 10.9 Å². The first kappa shape index (κ1) is 8.00. The minimum Gasteiger partial charge on any atom is -0.399 e. The van der Waals surface area contributed by atoms with Crippen LogP contribution in [0.5, 0.6) is 0 Å². The molecule has 0 spiro atoms. The third-order valence-electron chi connectivity index (χ3n) is 1.76. The molecule has 0 radical (unpaired) electrons. The number of rotatable bonds is 0. The molecule has 5 heteroatoms. The number of fused-ring (bicyclic) bond motifs is 1. The van der Waals surface area contributed by atoms with Crippen molar-refractivity contribution in [1.82, 2.24) is 9.97 Å². The molecule has 0 saturated carbocycles. The third kappa shape index (κ3) is 1.33. The predicted molar refractivity (Wildman–Crippen MR) is 54.2 cm³/mol. The molecule has 4 nitrogen and oxygen atoms in total. The largest absolute Gasteiger partial charge is 0.399 e. The number of nitrogen functional groups attached to an aromatic ring is 1. The number of hydrogen-bond acceptors (Lipinski definition) is 3. The Balaban J connectivity index is 3.03. The van der Waals surface area contributed by atoms with E-state index in [1.54, 1.807) is 18.2 Å². The van der Waals surface area contributed by atoms with Gasteiger partial charge < -0.3 is 10.7 Å². The molecule has 0 amide bonds. The maximum absolute atomic E-state index is 11.3. The van der Waals surface area contributed by atoms with Crippen LogP contribution in [-0.2, 0) is 0 Å². The zero-order chi connectivity index (χ0) is 9.42. The van der Waals surface area contributed by atoms with Crippen LogP contribution in [0.25, 0.3) is 10.9 Å². The second kappa shape index (κ2) is 2.70. The van der Waals surface area contributed by atoms with E-state index in [9.17, 15) is 4.79 Å². The van der Waals surface area contributed by atoms with Gasteiger partial charge in [-0.05, 0) is 30.4 Å². The zero-order valence-electron chi connectivity index (χ0n) is 6.63. The van der Waals surface area contributed by atoms with E-state index in [4.69, 9.17) is 18.0 Å². The van der Waals surface area contributed by atoms with E-state index >= 15 is 0 Å². The van der Waals surface area contributed by atoms with Gasteiger partial charge in [0.15, 0.2) is 4.77 Å². The van der Waals surface area contributed by atoms with Crippen LogP contribution in [0.4, 0.5) is 5.69 Å². The summed E-state index contributed by atoms with van der Waals surface area (Å²) in [5, 5.41) is 0.558. The number of aromatic amines is 2. The Morgan fingerprint density at radius 1 is 1.31 bits per heavy atom. The minimum absolute atomic E-state index is 0.196. The van der Waals surface area contributed by atoms with Crippen molar-refractivity contribution in [3.63, 3.8) is 0 Å². The van der Waals surface area contributed by atoms with E-state index in [1.807, 2.05) is 0 Å². The second-order valence-electron chi connectivity index (χ2n) is 2.71. The molecule has 0 aliphatic heterocycles. The van der Waals surface area contributed by atoms with Crippen LogP contribution in [0.3, 0.4) is 0 Å².